The van der Waals surface area contributed by atoms with Crippen LogP contribution in [0.25, 0.3) is 0 Å². The Morgan fingerprint density at radius 3 is 1.62 bits per heavy atom. The molecule has 13 heteroatoms. The molecule has 0 aliphatic carbocycles. The van der Waals surface area contributed by atoms with E-state index in [-0.39, 0.29) is 18.6 Å². The van der Waals surface area contributed by atoms with Crippen LogP contribution in [0.5, 0.6) is 0 Å². The summed E-state index contributed by atoms with van der Waals surface area (Å²) in [5.41, 5.74) is 0.109. The fourth-order valence-corrected chi connectivity index (χ4v) is 3.21. The number of carbonyl (C=O) groups is 2. The molecule has 0 aromatic rings. The van der Waals surface area contributed by atoms with Crippen molar-refractivity contribution in [3.05, 3.63) is 0 Å². The van der Waals surface area contributed by atoms with E-state index in [4.69, 9.17) is 10.8 Å². The summed E-state index contributed by atoms with van der Waals surface area (Å²) in [6.07, 6.45) is -2.21. The second-order valence-electron chi connectivity index (χ2n) is 9.67. The highest BCUT2D eigenvalue weighted by Gasteiger charge is 2.36. The van der Waals surface area contributed by atoms with Crippen molar-refractivity contribution in [3.63, 3.8) is 0 Å². The minimum Gasteiger partial charge on any atom is -0.387 e. The van der Waals surface area contributed by atoms with Gasteiger partial charge in [-0.3, -0.25) is 20.4 Å². The van der Waals surface area contributed by atoms with Crippen molar-refractivity contribution in [1.29, 1.82) is 10.8 Å². The van der Waals surface area contributed by atoms with E-state index in [1.807, 2.05) is 0 Å². The van der Waals surface area contributed by atoms with Crippen molar-refractivity contribution < 1.29 is 30.0 Å². The molecule has 0 bridgehead atoms. The molecule has 0 fully saturated rings. The van der Waals surface area contributed by atoms with Crippen LogP contribution < -0.4 is 26.6 Å². The van der Waals surface area contributed by atoms with Crippen LogP contribution in [0.15, 0.2) is 0 Å². The van der Waals surface area contributed by atoms with Crippen LogP contribution in [0, 0.1) is 10.8 Å². The quantitative estimate of drug-likeness (QED) is 0.0501. The molecule has 0 aromatic carbocycles. The van der Waals surface area contributed by atoms with Gasteiger partial charge in [-0.1, -0.05) is 19.8 Å². The standard InChI is InChI=1S/C24H49N7O6/c1-5-24(2,3)31-15-14-29-17(26)11-9-7-6-8-10-16(25)28-12-13-30-23(37)21(35)19(33)18(32)20(34)22(36)27-4/h18-21,31-35H,5-15H2,1-4H3,(H2,25,28)(H2,26,29)(H,27,36)(H,30,37)/t18-,19+,20+,21-/m1/s1. The number of rotatable bonds is 20. The second kappa shape index (κ2) is 18.9. The van der Waals surface area contributed by atoms with Crippen LogP contribution >= 0.6 is 0 Å². The molecule has 0 heterocycles. The number of nitrogens with one attached hydrogen (secondary N) is 7. The van der Waals surface area contributed by atoms with Gasteiger partial charge in [-0.05, 0) is 33.1 Å². The van der Waals surface area contributed by atoms with E-state index >= 15 is 0 Å². The third kappa shape index (κ3) is 15.5. The molecule has 0 aliphatic rings. The fourth-order valence-electron chi connectivity index (χ4n) is 3.21. The van der Waals surface area contributed by atoms with Crippen molar-refractivity contribution in [1.82, 2.24) is 26.6 Å². The average Bonchev–Trinajstić information content (AvgIpc) is 2.88. The van der Waals surface area contributed by atoms with Crippen molar-refractivity contribution in [3.8, 4) is 0 Å². The summed E-state index contributed by atoms with van der Waals surface area (Å²) in [5, 5.41) is 68.7. The number of unbranched alkanes of at least 4 members (excludes halogenated alkanes) is 3. The summed E-state index contributed by atoms with van der Waals surface area (Å²) in [6, 6.07) is 0. The molecule has 4 atom stereocenters. The van der Waals surface area contributed by atoms with Crippen LogP contribution in [0.4, 0.5) is 0 Å². The monoisotopic (exact) mass is 531 g/mol. The van der Waals surface area contributed by atoms with Crippen molar-refractivity contribution >= 4 is 23.5 Å². The molecule has 0 unspecified atom stereocenters. The normalized spacial score (nSPS) is 14.7. The Bertz CT molecular complexity index is 707. The van der Waals surface area contributed by atoms with Crippen LogP contribution in [0.3, 0.4) is 0 Å². The maximum Gasteiger partial charge on any atom is 0.251 e. The van der Waals surface area contributed by atoms with E-state index in [9.17, 15) is 30.0 Å². The summed E-state index contributed by atoms with van der Waals surface area (Å²) in [5.74, 6) is -1.09. The van der Waals surface area contributed by atoms with E-state index in [2.05, 4.69) is 47.4 Å². The molecule has 0 saturated carbocycles. The molecule has 0 spiro atoms. The van der Waals surface area contributed by atoms with Crippen LogP contribution in [0.2, 0.25) is 0 Å². The highest BCUT2D eigenvalue weighted by Crippen LogP contribution is 2.07. The maximum atomic E-state index is 11.9. The Kier molecular flexibility index (Phi) is 17.7. The zero-order chi connectivity index (χ0) is 28.4. The molecule has 0 saturated heterocycles. The van der Waals surface area contributed by atoms with Gasteiger partial charge in [0.15, 0.2) is 12.2 Å². The van der Waals surface area contributed by atoms with Gasteiger partial charge in [0.05, 0.1) is 11.7 Å². The van der Waals surface area contributed by atoms with Gasteiger partial charge in [-0.15, -0.1) is 0 Å². The molecule has 11 N–H and O–H groups in total. The predicted molar refractivity (Wildman–Crippen MR) is 143 cm³/mol. The summed E-state index contributed by atoms with van der Waals surface area (Å²) in [4.78, 5) is 23.2. The number of aliphatic hydroxyl groups is 4. The van der Waals surface area contributed by atoms with Gasteiger partial charge < -0.3 is 47.0 Å². The number of hydrogen-bond donors (Lipinski definition) is 11. The van der Waals surface area contributed by atoms with E-state index in [0.29, 0.717) is 24.5 Å². The minimum atomic E-state index is -2.06. The lowest BCUT2D eigenvalue weighted by Crippen LogP contribution is -2.54. The fraction of sp³-hybridized carbons (Fsp3) is 0.833. The topological polar surface area (TPSA) is 223 Å². The molecule has 13 nitrogen and oxygen atoms in total. The SMILES string of the molecule is CCC(C)(C)NCCNC(=N)CCCCCCC(=N)NCCNC(=O)[C@H](O)[C@@H](O)[C@@H](O)[C@H](O)C(=O)NC. The summed E-state index contributed by atoms with van der Waals surface area (Å²) >= 11 is 0. The third-order valence-corrected chi connectivity index (χ3v) is 6.10. The zero-order valence-corrected chi connectivity index (χ0v) is 22.7. The first-order valence-corrected chi connectivity index (χ1v) is 13.0. The highest BCUT2D eigenvalue weighted by molar-refractivity contribution is 5.83. The van der Waals surface area contributed by atoms with Gasteiger partial charge in [0.2, 0.25) is 0 Å². The molecule has 2 amide bonds. The molecular weight excluding hydrogens is 482 g/mol. The summed E-state index contributed by atoms with van der Waals surface area (Å²) in [7, 11) is 1.22. The van der Waals surface area contributed by atoms with Crippen LogP contribution in [0.1, 0.15) is 65.7 Å². The Hall–Kier alpha value is -2.32. The summed E-state index contributed by atoms with van der Waals surface area (Å²) in [6.45, 7) is 8.28. The minimum absolute atomic E-state index is 0.0552. The molecule has 0 rings (SSSR count). The first kappa shape index (κ1) is 34.7. The Morgan fingerprint density at radius 2 is 1.16 bits per heavy atom. The van der Waals surface area contributed by atoms with E-state index in [1.165, 1.54) is 7.05 Å². The first-order valence-electron chi connectivity index (χ1n) is 13.0. The molecular formula is C24H49N7O6. The number of amides is 2. The Morgan fingerprint density at radius 1 is 0.730 bits per heavy atom. The average molecular weight is 532 g/mol. The molecule has 216 valence electrons. The van der Waals surface area contributed by atoms with E-state index in [0.717, 1.165) is 45.2 Å². The lowest BCUT2D eigenvalue weighted by atomic mass is 10.0. The number of likely N-dealkylation sites (N-methyl/N-ethyl adjacent to an activating group) is 1. The van der Waals surface area contributed by atoms with Gasteiger partial charge in [-0.2, -0.15) is 0 Å². The van der Waals surface area contributed by atoms with Gasteiger partial charge in [-0.25, -0.2) is 0 Å². The van der Waals surface area contributed by atoms with Crippen LogP contribution in [-0.4, -0.2) is 107 Å². The second-order valence-corrected chi connectivity index (χ2v) is 9.67. The van der Waals surface area contributed by atoms with Crippen molar-refractivity contribution in [2.45, 2.75) is 95.7 Å². The van der Waals surface area contributed by atoms with Crippen molar-refractivity contribution in [2.24, 2.45) is 0 Å². The van der Waals surface area contributed by atoms with Gasteiger partial charge >= 0.3 is 0 Å². The number of amidine groups is 2. The van der Waals surface area contributed by atoms with E-state index in [1.54, 1.807) is 0 Å². The molecule has 37 heavy (non-hydrogen) atoms. The van der Waals surface area contributed by atoms with Crippen molar-refractivity contribution in [2.75, 3.05) is 33.2 Å². The maximum absolute atomic E-state index is 11.9. The van der Waals surface area contributed by atoms with Gasteiger partial charge in [0, 0.05) is 51.6 Å². The first-order chi connectivity index (χ1) is 17.4. The lowest BCUT2D eigenvalue weighted by Gasteiger charge is -2.25. The molecule has 0 aromatic heterocycles. The Balaban J connectivity index is 3.87. The van der Waals surface area contributed by atoms with E-state index < -0.39 is 36.2 Å². The number of aliphatic hydroxyl groups excluding tert-OH is 4. The number of hydrogen-bond acceptors (Lipinski definition) is 9. The third-order valence-electron chi connectivity index (χ3n) is 6.10. The Labute approximate surface area is 220 Å². The number of carbonyl (C=O) groups excluding carboxylic acids is 2. The smallest absolute Gasteiger partial charge is 0.251 e. The highest BCUT2D eigenvalue weighted by atomic mass is 16.4. The summed E-state index contributed by atoms with van der Waals surface area (Å²) < 4.78 is 0. The van der Waals surface area contributed by atoms with Gasteiger partial charge in [0.25, 0.3) is 11.8 Å². The van der Waals surface area contributed by atoms with Gasteiger partial charge in [0.1, 0.15) is 12.2 Å². The van der Waals surface area contributed by atoms with Crippen LogP contribution in [-0.2, 0) is 9.59 Å². The molecule has 0 aliphatic heterocycles. The molecule has 0 radical (unpaired) electrons. The largest absolute Gasteiger partial charge is 0.387 e. The zero-order valence-electron chi connectivity index (χ0n) is 22.7. The predicted octanol–water partition coefficient (Wildman–Crippen LogP) is -1.46. The lowest BCUT2D eigenvalue weighted by molar-refractivity contribution is -0.155.